The zero-order chi connectivity index (χ0) is 30.7. The average Bonchev–Trinajstić information content (AvgIpc) is 3.08. The second kappa shape index (κ2) is 15.7. The molecule has 0 aliphatic carbocycles. The van der Waals surface area contributed by atoms with E-state index in [1.54, 1.807) is 24.3 Å². The normalized spacial score (nSPS) is 17.6. The molecule has 0 radical (unpaired) electrons. The molecule has 10 heteroatoms. The highest BCUT2D eigenvalue weighted by molar-refractivity contribution is 5.94. The number of benzene rings is 3. The monoisotopic (exact) mass is 602 g/mol. The standard InChI is InChI=1S/C34H42N4O6/c39-29(23-35-15-19-37(20-16-35)33(41)27-7-3-1-4-8-27)25-43-31-11-13-32(14-12-31)44-26-30(40)24-36-17-21-38(22-18-36)34(42)28-9-5-2-6-10-28/h1-14,29-30,39-40H,15-26H2/t29-,30+. The number of hydrogen-bond acceptors (Lipinski definition) is 8. The highest BCUT2D eigenvalue weighted by Crippen LogP contribution is 2.19. The van der Waals surface area contributed by atoms with Crippen LogP contribution in [0.3, 0.4) is 0 Å². The summed E-state index contributed by atoms with van der Waals surface area (Å²) in [5.41, 5.74) is 1.40. The van der Waals surface area contributed by atoms with Gasteiger partial charge in [0, 0.05) is 76.6 Å². The van der Waals surface area contributed by atoms with Gasteiger partial charge in [0.15, 0.2) is 0 Å². The summed E-state index contributed by atoms with van der Waals surface area (Å²) in [5, 5.41) is 21.0. The van der Waals surface area contributed by atoms with Gasteiger partial charge in [0.05, 0.1) is 0 Å². The highest BCUT2D eigenvalue weighted by atomic mass is 16.5. The van der Waals surface area contributed by atoms with E-state index in [0.29, 0.717) is 88.1 Å². The van der Waals surface area contributed by atoms with Crippen molar-refractivity contribution in [1.29, 1.82) is 0 Å². The van der Waals surface area contributed by atoms with Gasteiger partial charge >= 0.3 is 0 Å². The third-order valence-corrected chi connectivity index (χ3v) is 8.01. The van der Waals surface area contributed by atoms with Gasteiger partial charge in [-0.05, 0) is 48.5 Å². The van der Waals surface area contributed by atoms with Crippen LogP contribution in [-0.4, -0.2) is 132 Å². The van der Waals surface area contributed by atoms with Crippen molar-refractivity contribution in [1.82, 2.24) is 19.6 Å². The van der Waals surface area contributed by atoms with Crippen molar-refractivity contribution in [3.8, 4) is 11.5 Å². The number of aliphatic hydroxyl groups excluding tert-OH is 2. The lowest BCUT2D eigenvalue weighted by Gasteiger charge is -2.35. The van der Waals surface area contributed by atoms with Crippen molar-refractivity contribution >= 4 is 11.8 Å². The molecule has 0 unspecified atom stereocenters. The second-order valence-corrected chi connectivity index (χ2v) is 11.3. The molecule has 2 fully saturated rings. The molecule has 234 valence electrons. The van der Waals surface area contributed by atoms with E-state index in [4.69, 9.17) is 9.47 Å². The molecule has 44 heavy (non-hydrogen) atoms. The Hall–Kier alpha value is -3.96. The van der Waals surface area contributed by atoms with Crippen LogP contribution < -0.4 is 9.47 Å². The minimum absolute atomic E-state index is 0.0445. The second-order valence-electron chi connectivity index (χ2n) is 11.3. The summed E-state index contributed by atoms with van der Waals surface area (Å²) < 4.78 is 11.6. The van der Waals surface area contributed by atoms with Crippen molar-refractivity contribution in [3.63, 3.8) is 0 Å². The lowest BCUT2D eigenvalue weighted by Crippen LogP contribution is -2.51. The number of β-amino-alcohol motifs (C(OH)–C–C–N with tert-alkyl or cyclic N) is 2. The maximum Gasteiger partial charge on any atom is 0.253 e. The molecule has 2 aliphatic rings. The van der Waals surface area contributed by atoms with Crippen LogP contribution in [0.15, 0.2) is 84.9 Å². The van der Waals surface area contributed by atoms with E-state index in [-0.39, 0.29) is 25.0 Å². The predicted molar refractivity (Wildman–Crippen MR) is 167 cm³/mol. The summed E-state index contributed by atoms with van der Waals surface area (Å²) in [6.45, 7) is 6.61. The van der Waals surface area contributed by atoms with E-state index in [1.807, 2.05) is 70.5 Å². The number of hydrogen-bond donors (Lipinski definition) is 2. The van der Waals surface area contributed by atoms with Crippen LogP contribution in [0.25, 0.3) is 0 Å². The number of piperazine rings is 2. The Morgan fingerprint density at radius 1 is 0.545 bits per heavy atom. The van der Waals surface area contributed by atoms with Crippen molar-refractivity contribution in [2.45, 2.75) is 12.2 Å². The molecule has 2 heterocycles. The Bertz CT molecular complexity index is 1210. The maximum absolute atomic E-state index is 12.6. The maximum atomic E-state index is 12.6. The van der Waals surface area contributed by atoms with Gasteiger partial charge < -0.3 is 29.5 Å². The summed E-state index contributed by atoms with van der Waals surface area (Å²) in [4.78, 5) is 33.3. The molecule has 10 nitrogen and oxygen atoms in total. The van der Waals surface area contributed by atoms with E-state index >= 15 is 0 Å². The molecule has 2 amide bonds. The molecule has 2 atom stereocenters. The molecule has 3 aromatic rings. The molecule has 0 aromatic heterocycles. The summed E-state index contributed by atoms with van der Waals surface area (Å²) >= 11 is 0. The smallest absolute Gasteiger partial charge is 0.253 e. The Kier molecular flexibility index (Phi) is 11.2. The molecule has 0 bridgehead atoms. The number of carbonyl (C=O) groups is 2. The van der Waals surface area contributed by atoms with E-state index in [0.717, 1.165) is 0 Å². The lowest BCUT2D eigenvalue weighted by atomic mass is 10.2. The Morgan fingerprint density at radius 3 is 1.23 bits per heavy atom. The van der Waals surface area contributed by atoms with Crippen LogP contribution in [0.2, 0.25) is 0 Å². The molecular weight excluding hydrogens is 560 g/mol. The van der Waals surface area contributed by atoms with Crippen LogP contribution in [0.4, 0.5) is 0 Å². The third kappa shape index (κ3) is 9.03. The number of carbonyl (C=O) groups excluding carboxylic acids is 2. The first-order valence-electron chi connectivity index (χ1n) is 15.3. The number of aliphatic hydroxyl groups is 2. The molecule has 3 aromatic carbocycles. The van der Waals surface area contributed by atoms with Gasteiger partial charge in [-0.1, -0.05) is 36.4 Å². The molecule has 2 saturated heterocycles. The predicted octanol–water partition coefficient (Wildman–Crippen LogP) is 2.08. The van der Waals surface area contributed by atoms with Gasteiger partial charge in [0.1, 0.15) is 36.9 Å². The Labute approximate surface area is 259 Å². The third-order valence-electron chi connectivity index (χ3n) is 8.01. The van der Waals surface area contributed by atoms with Crippen LogP contribution >= 0.6 is 0 Å². The first-order chi connectivity index (χ1) is 21.4. The van der Waals surface area contributed by atoms with Gasteiger partial charge in [-0.2, -0.15) is 0 Å². The molecule has 0 saturated carbocycles. The van der Waals surface area contributed by atoms with Gasteiger partial charge in [-0.3, -0.25) is 19.4 Å². The van der Waals surface area contributed by atoms with Gasteiger partial charge in [0.2, 0.25) is 0 Å². The van der Waals surface area contributed by atoms with Crippen LogP contribution in [-0.2, 0) is 0 Å². The number of amides is 2. The summed E-state index contributed by atoms with van der Waals surface area (Å²) in [6.07, 6.45) is -1.31. The van der Waals surface area contributed by atoms with Crippen molar-refractivity contribution in [2.75, 3.05) is 78.7 Å². The molecular formula is C34H42N4O6. The number of ether oxygens (including phenoxy) is 2. The van der Waals surface area contributed by atoms with Gasteiger partial charge in [-0.15, -0.1) is 0 Å². The van der Waals surface area contributed by atoms with E-state index in [2.05, 4.69) is 9.80 Å². The first kappa shape index (κ1) is 31.5. The quantitative estimate of drug-likeness (QED) is 0.325. The van der Waals surface area contributed by atoms with Gasteiger partial charge in [-0.25, -0.2) is 0 Å². The average molecular weight is 603 g/mol. The van der Waals surface area contributed by atoms with Crippen molar-refractivity contribution in [3.05, 3.63) is 96.1 Å². The van der Waals surface area contributed by atoms with E-state index < -0.39 is 12.2 Å². The van der Waals surface area contributed by atoms with E-state index in [1.165, 1.54) is 0 Å². The van der Waals surface area contributed by atoms with Crippen LogP contribution in [0.5, 0.6) is 11.5 Å². The van der Waals surface area contributed by atoms with Gasteiger partial charge in [0.25, 0.3) is 11.8 Å². The molecule has 0 spiro atoms. The highest BCUT2D eigenvalue weighted by Gasteiger charge is 2.25. The van der Waals surface area contributed by atoms with Crippen LogP contribution in [0.1, 0.15) is 20.7 Å². The van der Waals surface area contributed by atoms with Crippen molar-refractivity contribution in [2.24, 2.45) is 0 Å². The molecule has 2 aliphatic heterocycles. The Morgan fingerprint density at radius 2 is 0.886 bits per heavy atom. The lowest BCUT2D eigenvalue weighted by molar-refractivity contribution is 0.0393. The fourth-order valence-electron chi connectivity index (χ4n) is 5.51. The topological polar surface area (TPSA) is 106 Å². The zero-order valence-electron chi connectivity index (χ0n) is 25.0. The molecule has 2 N–H and O–H groups in total. The Balaban J connectivity index is 0.948. The zero-order valence-corrected chi connectivity index (χ0v) is 25.0. The van der Waals surface area contributed by atoms with Crippen molar-refractivity contribution < 1.29 is 29.3 Å². The van der Waals surface area contributed by atoms with Crippen LogP contribution in [0, 0.1) is 0 Å². The fraction of sp³-hybridized carbons (Fsp3) is 0.412. The van der Waals surface area contributed by atoms with E-state index in [9.17, 15) is 19.8 Å². The largest absolute Gasteiger partial charge is 0.491 e. The number of nitrogens with zero attached hydrogens (tertiary/aromatic N) is 4. The summed E-state index contributed by atoms with van der Waals surface area (Å²) in [6, 6.07) is 25.7. The molecule has 5 rings (SSSR count). The summed E-state index contributed by atoms with van der Waals surface area (Å²) in [5.74, 6) is 1.34. The first-order valence-corrected chi connectivity index (χ1v) is 15.3. The fourth-order valence-corrected chi connectivity index (χ4v) is 5.51. The minimum atomic E-state index is -0.657. The number of rotatable bonds is 12. The SMILES string of the molecule is O=C(c1ccccc1)N1CCN(C[C@H](O)COc2ccc(OC[C@H](O)CN3CCN(C(=O)c4ccccc4)CC3)cc2)CC1. The minimum Gasteiger partial charge on any atom is -0.491 e. The summed E-state index contributed by atoms with van der Waals surface area (Å²) in [7, 11) is 0.